The molecule has 3 aliphatic heterocycles. The fraction of sp³-hybridized carbons (Fsp3) is 0.475. The standard InChI is InChI=1S/C40H49N7O6/c1-45-24-31(30-23-41-44-37(30)39(45)50)28-21-34(52-2)32(35(22-28)53-3)25-47-19-14-40(51,15-20-47)13-4-16-46-17-11-27(12-18-46)26-5-7-29(8-6-26)42-33-9-10-36(48)43-38(33)49/h5-8,21-24,27,33,38,42,49,51H,9-12,14-20,25H2,1-3H3,(H,41,44)(H,43,48). The van der Waals surface area contributed by atoms with E-state index in [1.165, 1.54) is 5.56 Å². The van der Waals surface area contributed by atoms with Crippen molar-refractivity contribution in [2.24, 2.45) is 7.05 Å². The van der Waals surface area contributed by atoms with Crippen LogP contribution in [0.4, 0.5) is 5.69 Å². The average molecular weight is 724 g/mol. The van der Waals surface area contributed by atoms with Gasteiger partial charge < -0.3 is 34.9 Å². The van der Waals surface area contributed by atoms with Crippen LogP contribution >= 0.6 is 0 Å². The molecular formula is C40H49N7O6. The van der Waals surface area contributed by atoms with Gasteiger partial charge in [-0.3, -0.25) is 24.5 Å². The molecule has 1 amide bonds. The smallest absolute Gasteiger partial charge is 0.276 e. The number of aliphatic hydroxyl groups is 2. The van der Waals surface area contributed by atoms with Gasteiger partial charge in [-0.15, -0.1) is 0 Å². The summed E-state index contributed by atoms with van der Waals surface area (Å²) in [7, 11) is 5.01. The number of hydrogen-bond donors (Lipinski definition) is 5. The van der Waals surface area contributed by atoms with Crippen molar-refractivity contribution in [3.63, 3.8) is 0 Å². The van der Waals surface area contributed by atoms with Crippen molar-refractivity contribution >= 4 is 22.5 Å². The molecule has 53 heavy (non-hydrogen) atoms. The molecular weight excluding hydrogens is 674 g/mol. The van der Waals surface area contributed by atoms with E-state index in [2.05, 4.69) is 66.7 Å². The van der Waals surface area contributed by atoms with Gasteiger partial charge in [0, 0.05) is 68.8 Å². The summed E-state index contributed by atoms with van der Waals surface area (Å²) in [6, 6.07) is 12.2. The van der Waals surface area contributed by atoms with Crippen LogP contribution in [-0.2, 0) is 18.4 Å². The van der Waals surface area contributed by atoms with Gasteiger partial charge >= 0.3 is 0 Å². The SMILES string of the molecule is COc1cc(-c2cn(C)c(=O)c3[nH]ncc23)cc(OC)c1CN1CCC(O)(C#CCN2CCC(c3ccc(NC4CCC(=O)NC4O)cc3)CC2)CC1. The molecule has 13 nitrogen and oxygen atoms in total. The van der Waals surface area contributed by atoms with Crippen molar-refractivity contribution in [1.29, 1.82) is 0 Å². The second-order valence-electron chi connectivity index (χ2n) is 14.6. The van der Waals surface area contributed by atoms with Gasteiger partial charge in [0.05, 0.1) is 38.6 Å². The third-order valence-electron chi connectivity index (χ3n) is 11.1. The molecule has 0 aliphatic carbocycles. The number of rotatable bonds is 9. The highest BCUT2D eigenvalue weighted by Gasteiger charge is 2.32. The van der Waals surface area contributed by atoms with E-state index in [4.69, 9.17) is 9.47 Å². The number of aromatic nitrogens is 3. The minimum Gasteiger partial charge on any atom is -0.496 e. The number of carbonyl (C=O) groups is 1. The molecule has 0 radical (unpaired) electrons. The number of piperidine rings is 3. The number of methoxy groups -OCH3 is 2. The predicted octanol–water partition coefficient (Wildman–Crippen LogP) is 3.16. The summed E-state index contributed by atoms with van der Waals surface area (Å²) in [6.45, 7) is 4.53. The van der Waals surface area contributed by atoms with E-state index in [-0.39, 0.29) is 17.5 Å². The van der Waals surface area contributed by atoms with Crippen LogP contribution in [0.2, 0.25) is 0 Å². The van der Waals surface area contributed by atoms with Gasteiger partial charge in [-0.2, -0.15) is 5.10 Å². The maximum atomic E-state index is 12.6. The molecule has 4 aromatic rings. The fourth-order valence-electron chi connectivity index (χ4n) is 7.85. The van der Waals surface area contributed by atoms with Gasteiger partial charge in [-0.1, -0.05) is 24.0 Å². The van der Waals surface area contributed by atoms with E-state index >= 15 is 0 Å². The van der Waals surface area contributed by atoms with E-state index in [1.54, 1.807) is 38.2 Å². The molecule has 3 aliphatic rings. The number of ether oxygens (including phenoxy) is 2. The van der Waals surface area contributed by atoms with Crippen molar-refractivity contribution in [1.82, 2.24) is 29.9 Å². The Hall–Kier alpha value is -4.87. The largest absolute Gasteiger partial charge is 0.496 e. The number of carbonyl (C=O) groups excluding carboxylic acids is 1. The molecule has 3 saturated heterocycles. The first-order valence-corrected chi connectivity index (χ1v) is 18.4. The van der Waals surface area contributed by atoms with Crippen molar-refractivity contribution in [3.8, 4) is 34.5 Å². The van der Waals surface area contributed by atoms with E-state index in [0.29, 0.717) is 74.8 Å². The highest BCUT2D eigenvalue weighted by molar-refractivity contribution is 5.94. The average Bonchev–Trinajstić information content (AvgIpc) is 3.66. The second kappa shape index (κ2) is 15.6. The van der Waals surface area contributed by atoms with Crippen LogP contribution in [0.1, 0.15) is 55.6 Å². The lowest BCUT2D eigenvalue weighted by Crippen LogP contribution is -2.51. The maximum Gasteiger partial charge on any atom is 0.276 e. The van der Waals surface area contributed by atoms with Crippen LogP contribution in [0.3, 0.4) is 0 Å². The summed E-state index contributed by atoms with van der Waals surface area (Å²) in [5.41, 5.74) is 4.18. The molecule has 2 aromatic carbocycles. The molecule has 280 valence electrons. The Morgan fingerprint density at radius 3 is 2.36 bits per heavy atom. The molecule has 2 atom stereocenters. The molecule has 7 rings (SSSR count). The van der Waals surface area contributed by atoms with E-state index in [1.807, 2.05) is 12.1 Å². The summed E-state index contributed by atoms with van der Waals surface area (Å²) < 4.78 is 13.3. The molecule has 5 heterocycles. The minimum atomic E-state index is -1.01. The van der Waals surface area contributed by atoms with E-state index < -0.39 is 11.8 Å². The van der Waals surface area contributed by atoms with Crippen LogP contribution in [-0.4, -0.2) is 105 Å². The number of pyridine rings is 1. The topological polar surface area (TPSA) is 157 Å². The quantitative estimate of drug-likeness (QED) is 0.163. The number of hydrogen-bond acceptors (Lipinski definition) is 10. The number of benzene rings is 2. The number of aliphatic hydroxyl groups excluding tert-OH is 1. The van der Waals surface area contributed by atoms with Crippen LogP contribution < -0.4 is 25.7 Å². The number of fused-ring (bicyclic) bond motifs is 1. The Kier molecular flexibility index (Phi) is 10.8. The van der Waals surface area contributed by atoms with Gasteiger partial charge in [0.2, 0.25) is 5.91 Å². The molecule has 2 unspecified atom stereocenters. The Bertz CT molecular complexity index is 2020. The molecule has 0 spiro atoms. The number of aryl methyl sites for hydroxylation is 1. The van der Waals surface area contributed by atoms with Crippen molar-refractivity contribution < 1.29 is 24.5 Å². The summed E-state index contributed by atoms with van der Waals surface area (Å²) in [6.07, 6.45) is 6.82. The Morgan fingerprint density at radius 1 is 1.00 bits per heavy atom. The van der Waals surface area contributed by atoms with Gasteiger partial charge in [-0.25, -0.2) is 0 Å². The third kappa shape index (κ3) is 8.06. The van der Waals surface area contributed by atoms with Crippen molar-refractivity contribution in [2.75, 3.05) is 52.3 Å². The van der Waals surface area contributed by atoms with Crippen LogP contribution in [0.5, 0.6) is 11.5 Å². The molecule has 3 fully saturated rings. The second-order valence-corrected chi connectivity index (χ2v) is 14.6. The lowest BCUT2D eigenvalue weighted by atomic mass is 9.89. The lowest BCUT2D eigenvalue weighted by molar-refractivity contribution is -0.126. The first-order valence-electron chi connectivity index (χ1n) is 18.4. The number of nitrogens with one attached hydrogen (secondary N) is 3. The zero-order valence-corrected chi connectivity index (χ0v) is 30.7. The predicted molar refractivity (Wildman–Crippen MR) is 203 cm³/mol. The van der Waals surface area contributed by atoms with Gasteiger partial charge in [0.1, 0.15) is 28.8 Å². The molecule has 13 heteroatoms. The Labute approximate surface area is 309 Å². The van der Waals surface area contributed by atoms with Gasteiger partial charge in [0.15, 0.2) is 0 Å². The normalized spacial score (nSPS) is 21.1. The Morgan fingerprint density at radius 2 is 1.70 bits per heavy atom. The number of amides is 1. The first kappa shape index (κ1) is 36.5. The van der Waals surface area contributed by atoms with E-state index in [0.717, 1.165) is 53.7 Å². The lowest BCUT2D eigenvalue weighted by Gasteiger charge is -2.35. The minimum absolute atomic E-state index is 0.114. The van der Waals surface area contributed by atoms with Gasteiger partial charge in [-0.05, 0) is 73.7 Å². The molecule has 0 bridgehead atoms. The number of anilines is 1. The number of H-pyrrole nitrogens is 1. The summed E-state index contributed by atoms with van der Waals surface area (Å²) in [5.74, 6) is 8.27. The van der Waals surface area contributed by atoms with Crippen molar-refractivity contribution in [3.05, 3.63) is 70.3 Å². The van der Waals surface area contributed by atoms with Gasteiger partial charge in [0.25, 0.3) is 5.56 Å². The highest BCUT2D eigenvalue weighted by atomic mass is 16.5. The molecule has 2 aromatic heterocycles. The number of nitrogens with zero attached hydrogens (tertiary/aromatic N) is 4. The number of aromatic amines is 1. The first-order chi connectivity index (χ1) is 25.6. The highest BCUT2D eigenvalue weighted by Crippen LogP contribution is 2.38. The zero-order valence-electron chi connectivity index (χ0n) is 30.7. The summed E-state index contributed by atoms with van der Waals surface area (Å²) in [4.78, 5) is 28.7. The molecule has 0 saturated carbocycles. The van der Waals surface area contributed by atoms with E-state index in [9.17, 15) is 19.8 Å². The van der Waals surface area contributed by atoms with Crippen LogP contribution in [0.15, 0.2) is 53.6 Å². The number of likely N-dealkylation sites (tertiary alicyclic amines) is 2. The summed E-state index contributed by atoms with van der Waals surface area (Å²) >= 11 is 0. The van der Waals surface area contributed by atoms with Crippen LogP contribution in [0, 0.1) is 11.8 Å². The van der Waals surface area contributed by atoms with Crippen molar-refractivity contribution in [2.45, 2.75) is 68.9 Å². The molecule has 5 N–H and O–H groups in total. The zero-order chi connectivity index (χ0) is 37.1. The fourth-order valence-corrected chi connectivity index (χ4v) is 7.85. The third-order valence-corrected chi connectivity index (χ3v) is 11.1. The maximum absolute atomic E-state index is 12.6. The summed E-state index contributed by atoms with van der Waals surface area (Å²) in [5, 5.41) is 35.1. The monoisotopic (exact) mass is 723 g/mol. The van der Waals surface area contributed by atoms with Crippen LogP contribution in [0.25, 0.3) is 22.0 Å². The Balaban J connectivity index is 0.904.